The molecule has 0 amide bonds. The van der Waals surface area contributed by atoms with Gasteiger partial charge in [-0.1, -0.05) is 25.1 Å². The molecule has 3 nitrogen and oxygen atoms in total. The van der Waals surface area contributed by atoms with Crippen molar-refractivity contribution in [2.24, 2.45) is 7.05 Å². The fraction of sp³-hybridized carbons (Fsp3) is 0.400. The Hall–Kier alpha value is -1.77. The van der Waals surface area contributed by atoms with Crippen molar-refractivity contribution in [2.45, 2.75) is 33.7 Å². The van der Waals surface area contributed by atoms with E-state index in [-0.39, 0.29) is 0 Å². The first-order valence-electron chi connectivity index (χ1n) is 6.43. The lowest BCUT2D eigenvalue weighted by atomic mass is 10.1. The third-order valence-electron chi connectivity index (χ3n) is 3.31. The summed E-state index contributed by atoms with van der Waals surface area (Å²) in [5, 5.41) is 7.91. The van der Waals surface area contributed by atoms with Crippen molar-refractivity contribution in [1.82, 2.24) is 9.78 Å². The summed E-state index contributed by atoms with van der Waals surface area (Å²) in [6.45, 7) is 7.22. The van der Waals surface area contributed by atoms with Gasteiger partial charge in [-0.2, -0.15) is 5.10 Å². The summed E-state index contributed by atoms with van der Waals surface area (Å²) in [7, 11) is 1.96. The Balaban J connectivity index is 2.17. The maximum atomic E-state index is 4.37. The average molecular weight is 243 g/mol. The number of para-hydroxylation sites is 1. The summed E-state index contributed by atoms with van der Waals surface area (Å²) in [6, 6.07) is 6.46. The minimum absolute atomic E-state index is 0.831. The highest BCUT2D eigenvalue weighted by Crippen LogP contribution is 2.22. The largest absolute Gasteiger partial charge is 0.380 e. The number of aromatic nitrogens is 2. The van der Waals surface area contributed by atoms with Gasteiger partial charge in [0.25, 0.3) is 0 Å². The van der Waals surface area contributed by atoms with E-state index in [1.54, 1.807) is 0 Å². The molecule has 0 aliphatic rings. The van der Waals surface area contributed by atoms with Gasteiger partial charge < -0.3 is 5.32 Å². The van der Waals surface area contributed by atoms with Crippen LogP contribution in [-0.2, 0) is 20.0 Å². The van der Waals surface area contributed by atoms with Gasteiger partial charge in [0, 0.05) is 31.0 Å². The van der Waals surface area contributed by atoms with E-state index in [9.17, 15) is 0 Å². The molecule has 1 aromatic carbocycles. The van der Waals surface area contributed by atoms with Gasteiger partial charge in [-0.05, 0) is 31.4 Å². The van der Waals surface area contributed by atoms with E-state index in [4.69, 9.17) is 0 Å². The minimum atomic E-state index is 0.831. The van der Waals surface area contributed by atoms with Gasteiger partial charge in [-0.25, -0.2) is 0 Å². The molecule has 0 spiro atoms. The zero-order valence-corrected chi connectivity index (χ0v) is 11.6. The Labute approximate surface area is 109 Å². The van der Waals surface area contributed by atoms with E-state index in [2.05, 4.69) is 55.6 Å². The van der Waals surface area contributed by atoms with E-state index in [1.807, 2.05) is 11.7 Å². The van der Waals surface area contributed by atoms with Crippen LogP contribution in [0.5, 0.6) is 0 Å². The molecule has 2 rings (SSSR count). The monoisotopic (exact) mass is 243 g/mol. The number of hydrogen-bond donors (Lipinski definition) is 1. The minimum Gasteiger partial charge on any atom is -0.380 e. The molecule has 0 aliphatic carbocycles. The zero-order valence-electron chi connectivity index (χ0n) is 11.6. The van der Waals surface area contributed by atoms with Crippen LogP contribution < -0.4 is 5.32 Å². The fourth-order valence-corrected chi connectivity index (χ4v) is 2.28. The van der Waals surface area contributed by atoms with Crippen molar-refractivity contribution in [3.8, 4) is 0 Å². The van der Waals surface area contributed by atoms with Crippen molar-refractivity contribution in [2.75, 3.05) is 5.32 Å². The standard InChI is InChI=1S/C15H21N3/c1-5-13-8-6-7-11(2)15(13)16-9-14-10-18(4)17-12(14)3/h6-8,10,16H,5,9H2,1-4H3. The van der Waals surface area contributed by atoms with Crippen molar-refractivity contribution in [3.05, 3.63) is 46.8 Å². The molecule has 0 fully saturated rings. The number of benzene rings is 1. The van der Waals surface area contributed by atoms with E-state index in [0.29, 0.717) is 0 Å². The molecule has 2 aromatic rings. The Morgan fingerprint density at radius 2 is 2.00 bits per heavy atom. The second-order valence-corrected chi connectivity index (χ2v) is 4.73. The molecule has 96 valence electrons. The molecule has 0 radical (unpaired) electrons. The molecule has 0 aliphatic heterocycles. The first kappa shape index (κ1) is 12.7. The lowest BCUT2D eigenvalue weighted by Crippen LogP contribution is -2.04. The van der Waals surface area contributed by atoms with E-state index in [1.165, 1.54) is 22.4 Å². The van der Waals surface area contributed by atoms with Crippen LogP contribution in [0, 0.1) is 13.8 Å². The number of nitrogens with one attached hydrogen (secondary N) is 1. The molecular formula is C15H21N3. The summed E-state index contributed by atoms with van der Waals surface area (Å²) >= 11 is 0. The Morgan fingerprint density at radius 1 is 1.22 bits per heavy atom. The molecule has 0 saturated carbocycles. The maximum absolute atomic E-state index is 4.37. The van der Waals surface area contributed by atoms with Crippen LogP contribution in [0.4, 0.5) is 5.69 Å². The quantitative estimate of drug-likeness (QED) is 0.893. The van der Waals surface area contributed by atoms with Gasteiger partial charge in [0.05, 0.1) is 5.69 Å². The van der Waals surface area contributed by atoms with Gasteiger partial charge in [0.15, 0.2) is 0 Å². The molecule has 0 atom stereocenters. The van der Waals surface area contributed by atoms with Crippen LogP contribution in [0.3, 0.4) is 0 Å². The first-order chi connectivity index (χ1) is 8.61. The average Bonchev–Trinajstić information content (AvgIpc) is 2.66. The smallest absolute Gasteiger partial charge is 0.0643 e. The van der Waals surface area contributed by atoms with Crippen molar-refractivity contribution in [1.29, 1.82) is 0 Å². The number of rotatable bonds is 4. The lowest BCUT2D eigenvalue weighted by Gasteiger charge is -2.13. The number of anilines is 1. The number of hydrogen-bond acceptors (Lipinski definition) is 2. The van der Waals surface area contributed by atoms with Gasteiger partial charge >= 0.3 is 0 Å². The normalized spacial score (nSPS) is 10.7. The first-order valence-corrected chi connectivity index (χ1v) is 6.43. The molecule has 18 heavy (non-hydrogen) atoms. The van der Waals surface area contributed by atoms with Crippen LogP contribution in [0.2, 0.25) is 0 Å². The summed E-state index contributed by atoms with van der Waals surface area (Å²) in [4.78, 5) is 0. The molecule has 1 aromatic heterocycles. The fourth-order valence-electron chi connectivity index (χ4n) is 2.28. The Bertz CT molecular complexity index is 541. The second kappa shape index (κ2) is 5.25. The molecule has 0 unspecified atom stereocenters. The number of nitrogens with zero attached hydrogens (tertiary/aromatic N) is 2. The Kier molecular flexibility index (Phi) is 3.70. The van der Waals surface area contributed by atoms with Gasteiger partial charge in [0.1, 0.15) is 0 Å². The number of aryl methyl sites for hydroxylation is 4. The van der Waals surface area contributed by atoms with Crippen LogP contribution in [0.1, 0.15) is 29.3 Å². The predicted molar refractivity (Wildman–Crippen MR) is 75.8 cm³/mol. The van der Waals surface area contributed by atoms with Gasteiger partial charge in [-0.15, -0.1) is 0 Å². The SMILES string of the molecule is CCc1cccc(C)c1NCc1cn(C)nc1C. The molecule has 0 saturated heterocycles. The van der Waals surface area contributed by atoms with Crippen molar-refractivity contribution < 1.29 is 0 Å². The van der Waals surface area contributed by atoms with E-state index >= 15 is 0 Å². The van der Waals surface area contributed by atoms with Crippen LogP contribution in [-0.4, -0.2) is 9.78 Å². The maximum Gasteiger partial charge on any atom is 0.0643 e. The van der Waals surface area contributed by atoms with Crippen LogP contribution in [0.25, 0.3) is 0 Å². The summed E-state index contributed by atoms with van der Waals surface area (Å²) in [5.74, 6) is 0. The molecule has 3 heteroatoms. The van der Waals surface area contributed by atoms with Crippen molar-refractivity contribution in [3.63, 3.8) is 0 Å². The molecule has 1 heterocycles. The molecule has 1 N–H and O–H groups in total. The van der Waals surface area contributed by atoms with Crippen molar-refractivity contribution >= 4 is 5.69 Å². The predicted octanol–water partition coefficient (Wildman–Crippen LogP) is 3.21. The van der Waals surface area contributed by atoms with Gasteiger partial charge in [0.2, 0.25) is 0 Å². The van der Waals surface area contributed by atoms with E-state index in [0.717, 1.165) is 18.7 Å². The summed E-state index contributed by atoms with van der Waals surface area (Å²) in [5.41, 5.74) is 6.29. The van der Waals surface area contributed by atoms with Gasteiger partial charge in [-0.3, -0.25) is 4.68 Å². The topological polar surface area (TPSA) is 29.9 Å². The lowest BCUT2D eigenvalue weighted by molar-refractivity contribution is 0.756. The summed E-state index contributed by atoms with van der Waals surface area (Å²) < 4.78 is 1.87. The Morgan fingerprint density at radius 3 is 2.61 bits per heavy atom. The third kappa shape index (κ3) is 2.55. The second-order valence-electron chi connectivity index (χ2n) is 4.73. The van der Waals surface area contributed by atoms with Crippen LogP contribution >= 0.6 is 0 Å². The molecular weight excluding hydrogens is 222 g/mol. The zero-order chi connectivity index (χ0) is 13.1. The molecule has 0 bridgehead atoms. The summed E-state index contributed by atoms with van der Waals surface area (Å²) in [6.07, 6.45) is 3.13. The highest BCUT2D eigenvalue weighted by Gasteiger charge is 2.06. The highest BCUT2D eigenvalue weighted by atomic mass is 15.2. The highest BCUT2D eigenvalue weighted by molar-refractivity contribution is 5.57. The van der Waals surface area contributed by atoms with E-state index < -0.39 is 0 Å². The van der Waals surface area contributed by atoms with Crippen LogP contribution in [0.15, 0.2) is 24.4 Å². The third-order valence-corrected chi connectivity index (χ3v) is 3.31.